The molecular formula is C30H31N3O2. The van der Waals surface area contributed by atoms with Gasteiger partial charge in [-0.1, -0.05) is 48.9 Å². The number of aromatic nitrogens is 1. The van der Waals surface area contributed by atoms with Crippen LogP contribution in [0, 0.1) is 18.3 Å². The highest BCUT2D eigenvalue weighted by molar-refractivity contribution is 5.81. The lowest BCUT2D eigenvalue weighted by atomic mass is 9.96. The first-order valence-electron chi connectivity index (χ1n) is 12.5. The number of hydrogen-bond donors (Lipinski definition) is 0. The highest BCUT2D eigenvalue weighted by Gasteiger charge is 2.18. The van der Waals surface area contributed by atoms with Crippen LogP contribution in [0.25, 0.3) is 33.7 Å². The second kappa shape index (κ2) is 10.8. The van der Waals surface area contributed by atoms with E-state index in [1.807, 2.05) is 12.1 Å². The highest BCUT2D eigenvalue weighted by atomic mass is 16.5. The summed E-state index contributed by atoms with van der Waals surface area (Å²) in [6, 6.07) is 23.0. The van der Waals surface area contributed by atoms with Crippen molar-refractivity contribution in [2.24, 2.45) is 0 Å². The Labute approximate surface area is 207 Å². The molecule has 178 valence electrons. The fourth-order valence-corrected chi connectivity index (χ4v) is 4.86. The van der Waals surface area contributed by atoms with Gasteiger partial charge in [0, 0.05) is 30.2 Å². The lowest BCUT2D eigenvalue weighted by Gasteiger charge is -2.27. The van der Waals surface area contributed by atoms with Gasteiger partial charge in [0.25, 0.3) is 0 Å². The van der Waals surface area contributed by atoms with E-state index in [2.05, 4.69) is 66.4 Å². The van der Waals surface area contributed by atoms with Crippen molar-refractivity contribution in [3.63, 3.8) is 0 Å². The molecular weight excluding hydrogens is 434 g/mol. The molecule has 35 heavy (non-hydrogen) atoms. The van der Waals surface area contributed by atoms with Crippen LogP contribution in [0.4, 0.5) is 0 Å². The maximum atomic E-state index is 8.87. The van der Waals surface area contributed by atoms with Crippen molar-refractivity contribution < 1.29 is 9.15 Å². The number of likely N-dealkylation sites (tertiary alicyclic amines) is 1. The molecule has 0 bridgehead atoms. The van der Waals surface area contributed by atoms with E-state index in [-0.39, 0.29) is 0 Å². The minimum absolute atomic E-state index is 0.493. The Hall–Kier alpha value is -3.62. The Kier molecular flexibility index (Phi) is 7.11. The molecule has 5 nitrogen and oxygen atoms in total. The largest absolute Gasteiger partial charge is 0.493 e. The van der Waals surface area contributed by atoms with Gasteiger partial charge >= 0.3 is 0 Å². The summed E-state index contributed by atoms with van der Waals surface area (Å²) >= 11 is 0. The Morgan fingerprint density at radius 1 is 1.00 bits per heavy atom. The summed E-state index contributed by atoms with van der Waals surface area (Å²) in [5.41, 5.74) is 7.20. The van der Waals surface area contributed by atoms with Crippen molar-refractivity contribution in [3.05, 3.63) is 71.8 Å². The van der Waals surface area contributed by atoms with Crippen LogP contribution in [0.3, 0.4) is 0 Å². The van der Waals surface area contributed by atoms with Crippen LogP contribution in [0.2, 0.25) is 0 Å². The number of oxazole rings is 1. The van der Waals surface area contributed by atoms with E-state index in [0.717, 1.165) is 53.2 Å². The average Bonchev–Trinajstić information content (AvgIpc) is 3.30. The van der Waals surface area contributed by atoms with Crippen molar-refractivity contribution in [2.45, 2.75) is 45.6 Å². The molecule has 1 fully saturated rings. The maximum absolute atomic E-state index is 8.87. The molecule has 0 radical (unpaired) electrons. The van der Waals surface area contributed by atoms with Gasteiger partial charge < -0.3 is 9.15 Å². The monoisotopic (exact) mass is 465 g/mol. The highest BCUT2D eigenvalue weighted by Crippen LogP contribution is 2.35. The van der Waals surface area contributed by atoms with Gasteiger partial charge in [0.2, 0.25) is 5.89 Å². The van der Waals surface area contributed by atoms with Gasteiger partial charge in [-0.25, -0.2) is 4.98 Å². The number of hydrogen-bond acceptors (Lipinski definition) is 5. The number of ether oxygens (including phenoxy) is 1. The fourth-order valence-electron chi connectivity index (χ4n) is 4.86. The zero-order valence-corrected chi connectivity index (χ0v) is 20.3. The van der Waals surface area contributed by atoms with Crippen LogP contribution in [-0.4, -0.2) is 29.6 Å². The van der Waals surface area contributed by atoms with E-state index in [9.17, 15) is 0 Å². The number of nitriles is 1. The number of rotatable bonds is 8. The molecule has 5 rings (SSSR count). The molecule has 0 atom stereocenters. The van der Waals surface area contributed by atoms with E-state index < -0.39 is 0 Å². The van der Waals surface area contributed by atoms with Crippen LogP contribution in [0.5, 0.6) is 5.75 Å². The predicted molar refractivity (Wildman–Crippen MR) is 139 cm³/mol. The van der Waals surface area contributed by atoms with Crippen molar-refractivity contribution in [1.82, 2.24) is 9.88 Å². The molecule has 3 aromatic carbocycles. The average molecular weight is 466 g/mol. The van der Waals surface area contributed by atoms with Crippen molar-refractivity contribution in [1.29, 1.82) is 5.26 Å². The van der Waals surface area contributed by atoms with Crippen LogP contribution >= 0.6 is 0 Å². The second-order valence-corrected chi connectivity index (χ2v) is 9.24. The molecule has 1 aliphatic heterocycles. The Balaban J connectivity index is 1.50. The number of benzene rings is 3. The van der Waals surface area contributed by atoms with Crippen LogP contribution < -0.4 is 4.74 Å². The van der Waals surface area contributed by atoms with Crippen LogP contribution in [0.15, 0.2) is 65.1 Å². The Morgan fingerprint density at radius 2 is 1.80 bits per heavy atom. The molecule has 1 aliphatic rings. The van der Waals surface area contributed by atoms with E-state index in [1.165, 1.54) is 30.4 Å². The topological polar surface area (TPSA) is 62.3 Å². The zero-order chi connectivity index (χ0) is 24.0. The molecule has 0 amide bonds. The van der Waals surface area contributed by atoms with E-state index in [0.29, 0.717) is 25.3 Å². The molecule has 0 aliphatic carbocycles. The van der Waals surface area contributed by atoms with Crippen LogP contribution in [0.1, 0.15) is 43.2 Å². The summed E-state index contributed by atoms with van der Waals surface area (Å²) < 4.78 is 12.4. The normalized spacial score (nSPS) is 14.2. The molecule has 5 heteroatoms. The van der Waals surface area contributed by atoms with Crippen molar-refractivity contribution in [2.75, 3.05) is 19.7 Å². The lowest BCUT2D eigenvalue weighted by Crippen LogP contribution is -2.29. The summed E-state index contributed by atoms with van der Waals surface area (Å²) in [5, 5.41) is 8.87. The molecule has 2 heterocycles. The summed E-state index contributed by atoms with van der Waals surface area (Å²) in [7, 11) is 0. The molecule has 0 N–H and O–H groups in total. The maximum Gasteiger partial charge on any atom is 0.227 e. The number of nitrogens with zero attached hydrogens (tertiary/aromatic N) is 3. The smallest absolute Gasteiger partial charge is 0.227 e. The number of piperidine rings is 1. The minimum atomic E-state index is 0.493. The Bertz CT molecular complexity index is 1330. The van der Waals surface area contributed by atoms with Gasteiger partial charge in [-0.2, -0.15) is 5.26 Å². The fraction of sp³-hybridized carbons (Fsp3) is 0.333. The number of unbranched alkanes of at least 4 members (excludes halogenated alkanes) is 1. The van der Waals surface area contributed by atoms with Crippen LogP contribution in [-0.2, 0) is 6.54 Å². The van der Waals surface area contributed by atoms with Crippen molar-refractivity contribution >= 4 is 11.1 Å². The quantitative estimate of drug-likeness (QED) is 0.259. The van der Waals surface area contributed by atoms with E-state index in [4.69, 9.17) is 19.4 Å². The van der Waals surface area contributed by atoms with E-state index >= 15 is 0 Å². The van der Waals surface area contributed by atoms with Gasteiger partial charge in [-0.05, 0) is 68.1 Å². The summed E-state index contributed by atoms with van der Waals surface area (Å²) in [6.07, 6.45) is 5.00. The van der Waals surface area contributed by atoms with Gasteiger partial charge in [0.1, 0.15) is 11.3 Å². The third-order valence-electron chi connectivity index (χ3n) is 6.75. The molecule has 1 saturated heterocycles. The Morgan fingerprint density at radius 3 is 2.60 bits per heavy atom. The van der Waals surface area contributed by atoms with Gasteiger partial charge in [0.05, 0.1) is 12.7 Å². The molecule has 0 unspecified atom stereocenters. The second-order valence-electron chi connectivity index (χ2n) is 9.24. The first-order chi connectivity index (χ1) is 17.2. The zero-order valence-electron chi connectivity index (χ0n) is 20.3. The van der Waals surface area contributed by atoms with Crippen molar-refractivity contribution in [3.8, 4) is 34.4 Å². The molecule has 0 saturated carbocycles. The number of fused-ring (bicyclic) bond motifs is 1. The van der Waals surface area contributed by atoms with Gasteiger partial charge in [-0.3, -0.25) is 4.90 Å². The summed E-state index contributed by atoms with van der Waals surface area (Å²) in [6.45, 7) is 5.71. The lowest BCUT2D eigenvalue weighted by molar-refractivity contribution is 0.216. The standard InChI is InChI=1S/C30H31N3O2/c1-22-25(23-11-4-2-5-12-23)13-10-14-26(22)30-32-27-19-24(21-33-16-7-3-8-17-33)28(20-29(27)35-30)34-18-9-6-15-31/h2,4-5,10-14,19-20H,3,6-9,16-18,21H2,1H3. The van der Waals surface area contributed by atoms with E-state index in [1.54, 1.807) is 0 Å². The molecule has 4 aromatic rings. The predicted octanol–water partition coefficient (Wildman–Crippen LogP) is 7.14. The first-order valence-corrected chi connectivity index (χ1v) is 12.5. The van der Waals surface area contributed by atoms with Gasteiger partial charge in [-0.15, -0.1) is 0 Å². The first kappa shape index (κ1) is 23.1. The molecule has 0 spiro atoms. The summed E-state index contributed by atoms with van der Waals surface area (Å²) in [5.74, 6) is 1.46. The van der Waals surface area contributed by atoms with Gasteiger partial charge in [0.15, 0.2) is 5.58 Å². The SMILES string of the molecule is Cc1c(-c2ccccc2)cccc1-c1nc2cc(CN3CCCCC3)c(OCCCC#N)cc2o1. The third kappa shape index (κ3) is 5.23. The minimum Gasteiger partial charge on any atom is -0.493 e. The molecule has 1 aromatic heterocycles. The summed E-state index contributed by atoms with van der Waals surface area (Å²) in [4.78, 5) is 7.39. The third-order valence-corrected chi connectivity index (χ3v) is 6.75.